The molecule has 0 aliphatic rings. The van der Waals surface area contributed by atoms with Crippen molar-refractivity contribution in [2.45, 2.75) is 0 Å². The van der Waals surface area contributed by atoms with E-state index in [0.29, 0.717) is 51.1 Å². The van der Waals surface area contributed by atoms with Crippen molar-refractivity contribution in [3.8, 4) is 5.75 Å². The first kappa shape index (κ1) is 15.4. The van der Waals surface area contributed by atoms with Crippen LogP contribution < -0.4 is 4.74 Å². The Bertz CT molecular complexity index is 392. The Labute approximate surface area is 112 Å². The van der Waals surface area contributed by atoms with Crippen molar-refractivity contribution in [1.82, 2.24) is 0 Å². The Kier molecular flexibility index (Phi) is 8.31. The van der Waals surface area contributed by atoms with Gasteiger partial charge in [0.05, 0.1) is 33.0 Å². The molecule has 0 unspecified atom stereocenters. The zero-order valence-electron chi connectivity index (χ0n) is 11.1. The second-order valence-electron chi connectivity index (χ2n) is 3.63. The predicted octanol–water partition coefficient (Wildman–Crippen LogP) is 2.23. The molecular weight excluding hydrogens is 248 g/mol. The summed E-state index contributed by atoms with van der Waals surface area (Å²) in [6, 6.07) is 6.99. The van der Waals surface area contributed by atoms with Crippen LogP contribution in [0.25, 0.3) is 4.98 Å². The van der Waals surface area contributed by atoms with Gasteiger partial charge in [-0.15, -0.1) is 0 Å². The number of rotatable bonds is 10. The molecule has 0 atom stereocenters. The lowest BCUT2D eigenvalue weighted by Gasteiger charge is -2.06. The van der Waals surface area contributed by atoms with Gasteiger partial charge in [0.25, 0.3) is 0 Å². The van der Waals surface area contributed by atoms with Gasteiger partial charge in [-0.2, -0.15) is 0 Å². The fourth-order valence-corrected chi connectivity index (χ4v) is 1.34. The van der Waals surface area contributed by atoms with E-state index in [9.17, 15) is 0 Å². The van der Waals surface area contributed by atoms with Crippen LogP contribution in [0.3, 0.4) is 0 Å². The molecule has 0 aliphatic heterocycles. The normalized spacial score (nSPS) is 10.1. The van der Waals surface area contributed by atoms with Crippen LogP contribution in [-0.4, -0.2) is 46.8 Å². The SMILES string of the molecule is COCCOCCOCCOc1ccccc1[N+]#N. The van der Waals surface area contributed by atoms with Gasteiger partial charge in [0, 0.05) is 13.2 Å². The molecule has 0 aromatic heterocycles. The average Bonchev–Trinajstić information content (AvgIpc) is 2.46. The molecule has 0 fully saturated rings. The van der Waals surface area contributed by atoms with Gasteiger partial charge in [-0.3, -0.25) is 0 Å². The second-order valence-corrected chi connectivity index (χ2v) is 3.63. The molecule has 104 valence electrons. The van der Waals surface area contributed by atoms with Crippen LogP contribution in [0.5, 0.6) is 5.75 Å². The third-order valence-electron chi connectivity index (χ3n) is 2.26. The van der Waals surface area contributed by atoms with Crippen molar-refractivity contribution in [2.75, 3.05) is 46.8 Å². The van der Waals surface area contributed by atoms with Crippen molar-refractivity contribution in [2.24, 2.45) is 0 Å². The topological polar surface area (TPSA) is 65.1 Å². The molecule has 1 rings (SSSR count). The number of benzene rings is 1. The molecule has 0 radical (unpaired) electrons. The number of hydrogen-bond donors (Lipinski definition) is 0. The lowest BCUT2D eigenvalue weighted by atomic mass is 10.3. The fraction of sp³-hybridized carbons (Fsp3) is 0.538. The van der Waals surface area contributed by atoms with E-state index in [1.807, 2.05) is 6.07 Å². The van der Waals surface area contributed by atoms with Crippen LogP contribution in [0.2, 0.25) is 0 Å². The van der Waals surface area contributed by atoms with Gasteiger partial charge in [0.1, 0.15) is 6.61 Å². The van der Waals surface area contributed by atoms with Crippen molar-refractivity contribution in [1.29, 1.82) is 5.39 Å². The molecule has 0 aliphatic carbocycles. The minimum absolute atomic E-state index is 0.393. The molecule has 0 amide bonds. The fourth-order valence-electron chi connectivity index (χ4n) is 1.34. The summed E-state index contributed by atoms with van der Waals surface area (Å²) < 4.78 is 20.8. The van der Waals surface area contributed by atoms with Gasteiger partial charge in [-0.25, -0.2) is 0 Å². The number of methoxy groups -OCH3 is 1. The second kappa shape index (κ2) is 10.3. The molecule has 0 bridgehead atoms. The molecule has 6 nitrogen and oxygen atoms in total. The highest BCUT2D eigenvalue weighted by Gasteiger charge is 2.12. The maximum atomic E-state index is 8.75. The number of hydrogen-bond acceptors (Lipinski definition) is 5. The summed E-state index contributed by atoms with van der Waals surface area (Å²) in [5, 5.41) is 8.75. The molecule has 6 heteroatoms. The van der Waals surface area contributed by atoms with Crippen LogP contribution in [0.15, 0.2) is 24.3 Å². The Morgan fingerprint density at radius 2 is 1.58 bits per heavy atom. The molecule has 0 spiro atoms. The first-order valence-electron chi connectivity index (χ1n) is 6.10. The largest absolute Gasteiger partial charge is 0.484 e. The monoisotopic (exact) mass is 267 g/mol. The summed E-state index contributed by atoms with van der Waals surface area (Å²) in [6.45, 7) is 3.05. The first-order valence-corrected chi connectivity index (χ1v) is 6.10. The highest BCUT2D eigenvalue weighted by atomic mass is 16.6. The van der Waals surface area contributed by atoms with E-state index in [4.69, 9.17) is 24.3 Å². The molecule has 1 aromatic rings. The van der Waals surface area contributed by atoms with Crippen molar-refractivity contribution in [3.63, 3.8) is 0 Å². The Morgan fingerprint density at radius 3 is 2.26 bits per heavy atom. The summed E-state index contributed by atoms with van der Waals surface area (Å²) in [7, 11) is 1.63. The number of diazo groups is 1. The van der Waals surface area contributed by atoms with E-state index >= 15 is 0 Å². The third kappa shape index (κ3) is 6.72. The minimum atomic E-state index is 0.393. The lowest BCUT2D eigenvalue weighted by Crippen LogP contribution is -2.12. The molecule has 0 heterocycles. The van der Waals surface area contributed by atoms with Gasteiger partial charge in [0.2, 0.25) is 11.1 Å². The van der Waals surface area contributed by atoms with Gasteiger partial charge in [-0.05, 0) is 6.07 Å². The Morgan fingerprint density at radius 1 is 0.947 bits per heavy atom. The van der Waals surface area contributed by atoms with Gasteiger partial charge >= 0.3 is 5.69 Å². The predicted molar refractivity (Wildman–Crippen MR) is 70.2 cm³/mol. The third-order valence-corrected chi connectivity index (χ3v) is 2.26. The van der Waals surface area contributed by atoms with E-state index in [1.165, 1.54) is 0 Å². The Balaban J connectivity index is 2.03. The van der Waals surface area contributed by atoms with Crippen LogP contribution in [0.1, 0.15) is 0 Å². The molecule has 0 saturated carbocycles. The number of para-hydroxylation sites is 1. The van der Waals surface area contributed by atoms with Crippen molar-refractivity contribution < 1.29 is 18.9 Å². The van der Waals surface area contributed by atoms with E-state index in [-0.39, 0.29) is 0 Å². The van der Waals surface area contributed by atoms with E-state index in [1.54, 1.807) is 25.3 Å². The highest BCUT2D eigenvalue weighted by molar-refractivity contribution is 5.56. The highest BCUT2D eigenvalue weighted by Crippen LogP contribution is 2.26. The lowest BCUT2D eigenvalue weighted by molar-refractivity contribution is 0.0180. The van der Waals surface area contributed by atoms with Crippen molar-refractivity contribution >= 4 is 5.69 Å². The summed E-state index contributed by atoms with van der Waals surface area (Å²) in [6.07, 6.45) is 0. The quantitative estimate of drug-likeness (QED) is 0.480. The number of nitrogens with zero attached hydrogens (tertiary/aromatic N) is 2. The van der Waals surface area contributed by atoms with Crippen LogP contribution in [0, 0.1) is 5.39 Å². The van der Waals surface area contributed by atoms with E-state index in [0.717, 1.165) is 0 Å². The maximum Gasteiger partial charge on any atom is 0.426 e. The minimum Gasteiger partial charge on any atom is -0.484 e. The summed E-state index contributed by atoms with van der Waals surface area (Å²) in [5.74, 6) is 0.532. The average molecular weight is 267 g/mol. The summed E-state index contributed by atoms with van der Waals surface area (Å²) >= 11 is 0. The molecular formula is C13H19N2O4+. The van der Waals surface area contributed by atoms with Crippen LogP contribution in [-0.2, 0) is 14.2 Å². The molecule has 1 aromatic carbocycles. The van der Waals surface area contributed by atoms with E-state index < -0.39 is 0 Å². The van der Waals surface area contributed by atoms with Gasteiger partial charge < -0.3 is 18.9 Å². The Hall–Kier alpha value is -1.68. The molecule has 0 saturated heterocycles. The van der Waals surface area contributed by atoms with Crippen LogP contribution >= 0.6 is 0 Å². The molecule has 19 heavy (non-hydrogen) atoms. The zero-order chi connectivity index (χ0) is 13.8. The van der Waals surface area contributed by atoms with E-state index in [2.05, 4.69) is 4.98 Å². The zero-order valence-corrected chi connectivity index (χ0v) is 11.1. The van der Waals surface area contributed by atoms with Gasteiger partial charge in [0.15, 0.2) is 4.98 Å². The smallest absolute Gasteiger partial charge is 0.426 e. The summed E-state index contributed by atoms with van der Waals surface area (Å²) in [5.41, 5.74) is 0.408. The standard InChI is InChI=1S/C13H19N2O4/c1-16-6-7-17-8-9-18-10-11-19-13-5-3-2-4-12(13)15-14/h2-5H,6-11H2,1H3/q+1. The van der Waals surface area contributed by atoms with Crippen LogP contribution in [0.4, 0.5) is 5.69 Å². The maximum absolute atomic E-state index is 8.75. The van der Waals surface area contributed by atoms with Gasteiger partial charge in [-0.1, -0.05) is 12.1 Å². The summed E-state index contributed by atoms with van der Waals surface area (Å²) in [4.78, 5) is 3.13. The van der Waals surface area contributed by atoms with Crippen molar-refractivity contribution in [3.05, 3.63) is 29.2 Å². The number of ether oxygens (including phenoxy) is 4. The molecule has 0 N–H and O–H groups in total. The first-order chi connectivity index (χ1) is 9.38.